The van der Waals surface area contributed by atoms with Gasteiger partial charge in [0.15, 0.2) is 0 Å². The molecule has 1 N–H and O–H groups in total. The van der Waals surface area contributed by atoms with Crippen LogP contribution in [0.15, 0.2) is 40.9 Å². The van der Waals surface area contributed by atoms with Crippen LogP contribution in [-0.4, -0.2) is 5.91 Å². The van der Waals surface area contributed by atoms with E-state index in [1.165, 1.54) is 18.2 Å². The van der Waals surface area contributed by atoms with Gasteiger partial charge in [0, 0.05) is 4.47 Å². The number of halogens is 3. The van der Waals surface area contributed by atoms with Crippen LogP contribution < -0.4 is 5.32 Å². The van der Waals surface area contributed by atoms with Crippen LogP contribution >= 0.6 is 15.9 Å². The molecule has 0 saturated heterocycles. The molecule has 0 heterocycles. The zero-order valence-corrected chi connectivity index (χ0v) is 11.5. The summed E-state index contributed by atoms with van der Waals surface area (Å²) in [5.41, 5.74) is -0.0837. The van der Waals surface area contributed by atoms with Gasteiger partial charge in [-0.25, -0.2) is 8.78 Å². The summed E-state index contributed by atoms with van der Waals surface area (Å²) in [5, 5.41) is 11.3. The van der Waals surface area contributed by atoms with Crippen LogP contribution in [0.5, 0.6) is 0 Å². The lowest BCUT2D eigenvalue weighted by Crippen LogP contribution is -2.14. The van der Waals surface area contributed by atoms with E-state index in [2.05, 4.69) is 21.2 Å². The van der Waals surface area contributed by atoms with Crippen molar-refractivity contribution in [1.82, 2.24) is 0 Å². The molecule has 0 aliphatic heterocycles. The van der Waals surface area contributed by atoms with Crippen LogP contribution in [0.2, 0.25) is 0 Å². The number of carbonyl (C=O) groups is 1. The van der Waals surface area contributed by atoms with Crippen LogP contribution in [-0.2, 0) is 0 Å². The Bertz CT molecular complexity index is 726. The molecule has 0 bridgehead atoms. The number of rotatable bonds is 2. The number of carbonyl (C=O) groups excluding carboxylic acids is 1. The lowest BCUT2D eigenvalue weighted by Gasteiger charge is -2.08. The van der Waals surface area contributed by atoms with E-state index >= 15 is 0 Å². The summed E-state index contributed by atoms with van der Waals surface area (Å²) in [4.78, 5) is 12.0. The summed E-state index contributed by atoms with van der Waals surface area (Å²) in [6, 6.07) is 9.04. The van der Waals surface area contributed by atoms with Crippen molar-refractivity contribution in [1.29, 1.82) is 5.26 Å². The van der Waals surface area contributed by atoms with E-state index in [1.54, 1.807) is 6.07 Å². The Kier molecular flexibility index (Phi) is 4.11. The molecular formula is C14H7BrF2N2O. The maximum atomic E-state index is 13.6. The van der Waals surface area contributed by atoms with Crippen molar-refractivity contribution in [2.45, 2.75) is 0 Å². The molecule has 100 valence electrons. The normalized spacial score (nSPS) is 9.90. The van der Waals surface area contributed by atoms with Crippen molar-refractivity contribution in [3.63, 3.8) is 0 Å². The van der Waals surface area contributed by atoms with Gasteiger partial charge < -0.3 is 5.32 Å². The number of anilines is 1. The predicted octanol–water partition coefficient (Wildman–Crippen LogP) is 3.85. The number of nitrogens with one attached hydrogen (secondary N) is 1. The number of nitrogens with zero attached hydrogens (tertiary/aromatic N) is 1. The molecule has 0 saturated carbocycles. The zero-order valence-electron chi connectivity index (χ0n) is 9.95. The second-order valence-electron chi connectivity index (χ2n) is 3.88. The van der Waals surface area contributed by atoms with E-state index < -0.39 is 17.5 Å². The highest BCUT2D eigenvalue weighted by Crippen LogP contribution is 2.20. The highest BCUT2D eigenvalue weighted by Gasteiger charge is 2.14. The predicted molar refractivity (Wildman–Crippen MR) is 73.2 cm³/mol. The van der Waals surface area contributed by atoms with Gasteiger partial charge in [0.05, 0.1) is 16.8 Å². The Hall–Kier alpha value is -2.26. The Balaban J connectivity index is 2.33. The molecule has 0 aliphatic carbocycles. The first-order valence-corrected chi connectivity index (χ1v) is 6.26. The van der Waals surface area contributed by atoms with Crippen molar-refractivity contribution >= 4 is 27.5 Å². The molecule has 6 heteroatoms. The van der Waals surface area contributed by atoms with Gasteiger partial charge in [-0.05, 0) is 36.4 Å². The van der Waals surface area contributed by atoms with Crippen molar-refractivity contribution in [2.24, 2.45) is 0 Å². The van der Waals surface area contributed by atoms with Crippen molar-refractivity contribution in [3.8, 4) is 6.07 Å². The molecule has 0 aromatic heterocycles. The number of benzene rings is 2. The van der Waals surface area contributed by atoms with Crippen LogP contribution in [0.3, 0.4) is 0 Å². The zero-order chi connectivity index (χ0) is 14.7. The van der Waals surface area contributed by atoms with E-state index in [4.69, 9.17) is 5.26 Å². The Morgan fingerprint density at radius 3 is 2.65 bits per heavy atom. The average Bonchev–Trinajstić information content (AvgIpc) is 2.43. The van der Waals surface area contributed by atoms with Crippen LogP contribution in [0.1, 0.15) is 15.9 Å². The third kappa shape index (κ3) is 3.00. The van der Waals surface area contributed by atoms with Crippen molar-refractivity contribution < 1.29 is 13.6 Å². The summed E-state index contributed by atoms with van der Waals surface area (Å²) >= 11 is 3.14. The minimum atomic E-state index is -0.716. The molecule has 0 atom stereocenters. The molecule has 2 aromatic carbocycles. The summed E-state index contributed by atoms with van der Waals surface area (Å²) in [6.45, 7) is 0. The largest absolute Gasteiger partial charge is 0.321 e. The van der Waals surface area contributed by atoms with Gasteiger partial charge >= 0.3 is 0 Å². The number of amides is 1. The van der Waals surface area contributed by atoms with Crippen molar-refractivity contribution in [2.75, 3.05) is 5.32 Å². The fraction of sp³-hybridized carbons (Fsp3) is 0. The molecule has 0 fully saturated rings. The fourth-order valence-electron chi connectivity index (χ4n) is 1.58. The number of hydrogen-bond acceptors (Lipinski definition) is 2. The minimum absolute atomic E-state index is 0.0336. The van der Waals surface area contributed by atoms with Crippen LogP contribution in [0, 0.1) is 23.0 Å². The molecule has 20 heavy (non-hydrogen) atoms. The first-order valence-electron chi connectivity index (χ1n) is 5.47. The SMILES string of the molecule is N#Cc1cc(F)ccc1NC(=O)c1cc(Br)ccc1F. The molecule has 2 aromatic rings. The average molecular weight is 337 g/mol. The third-order valence-electron chi connectivity index (χ3n) is 2.52. The first kappa shape index (κ1) is 14.2. The Labute approximate surface area is 122 Å². The van der Waals surface area contributed by atoms with E-state index in [1.807, 2.05) is 0 Å². The van der Waals surface area contributed by atoms with Gasteiger partial charge in [-0.1, -0.05) is 15.9 Å². The maximum absolute atomic E-state index is 13.6. The molecule has 0 spiro atoms. The smallest absolute Gasteiger partial charge is 0.258 e. The van der Waals surface area contributed by atoms with E-state index in [0.717, 1.165) is 18.2 Å². The van der Waals surface area contributed by atoms with Crippen LogP contribution in [0.4, 0.5) is 14.5 Å². The lowest BCUT2D eigenvalue weighted by atomic mass is 10.1. The van der Waals surface area contributed by atoms with Crippen molar-refractivity contribution in [3.05, 3.63) is 63.6 Å². The Morgan fingerprint density at radius 2 is 1.95 bits per heavy atom. The van der Waals surface area contributed by atoms with Gasteiger partial charge in [-0.3, -0.25) is 4.79 Å². The highest BCUT2D eigenvalue weighted by atomic mass is 79.9. The third-order valence-corrected chi connectivity index (χ3v) is 3.02. The lowest BCUT2D eigenvalue weighted by molar-refractivity contribution is 0.102. The van der Waals surface area contributed by atoms with E-state index in [-0.39, 0.29) is 16.8 Å². The molecular weight excluding hydrogens is 330 g/mol. The van der Waals surface area contributed by atoms with Gasteiger partial charge in [-0.15, -0.1) is 0 Å². The molecule has 0 radical (unpaired) electrons. The highest BCUT2D eigenvalue weighted by molar-refractivity contribution is 9.10. The molecule has 0 unspecified atom stereocenters. The summed E-state index contributed by atoms with van der Waals surface area (Å²) in [7, 11) is 0. The summed E-state index contributed by atoms with van der Waals surface area (Å²) < 4.78 is 27.1. The number of hydrogen-bond donors (Lipinski definition) is 1. The molecule has 0 aliphatic rings. The van der Waals surface area contributed by atoms with Gasteiger partial charge in [0.2, 0.25) is 0 Å². The van der Waals surface area contributed by atoms with Gasteiger partial charge in [0.1, 0.15) is 17.7 Å². The summed E-state index contributed by atoms with van der Waals surface area (Å²) in [5.74, 6) is -1.99. The number of nitriles is 1. The monoisotopic (exact) mass is 336 g/mol. The van der Waals surface area contributed by atoms with E-state index in [9.17, 15) is 13.6 Å². The second kappa shape index (κ2) is 5.80. The van der Waals surface area contributed by atoms with Crippen LogP contribution in [0.25, 0.3) is 0 Å². The Morgan fingerprint density at radius 1 is 1.20 bits per heavy atom. The second-order valence-corrected chi connectivity index (χ2v) is 4.80. The topological polar surface area (TPSA) is 52.9 Å². The quantitative estimate of drug-likeness (QED) is 0.905. The standard InChI is InChI=1S/C14H7BrF2N2O/c15-9-1-3-12(17)11(6-9)14(20)19-13-4-2-10(16)5-8(13)7-18/h1-6H,(H,19,20). The van der Waals surface area contributed by atoms with E-state index in [0.29, 0.717) is 4.47 Å². The minimum Gasteiger partial charge on any atom is -0.321 e. The molecule has 3 nitrogen and oxygen atoms in total. The molecule has 1 amide bonds. The first-order chi connectivity index (χ1) is 9.51. The van der Waals surface area contributed by atoms with Gasteiger partial charge in [0.25, 0.3) is 5.91 Å². The summed E-state index contributed by atoms with van der Waals surface area (Å²) in [6.07, 6.45) is 0. The molecule has 2 rings (SSSR count). The maximum Gasteiger partial charge on any atom is 0.258 e. The van der Waals surface area contributed by atoms with Gasteiger partial charge in [-0.2, -0.15) is 5.26 Å². The fourth-order valence-corrected chi connectivity index (χ4v) is 1.94.